The summed E-state index contributed by atoms with van der Waals surface area (Å²) < 4.78 is 17.6. The molecule has 0 bridgehead atoms. The minimum atomic E-state index is -2.62. The van der Waals surface area contributed by atoms with Crippen molar-refractivity contribution in [1.29, 1.82) is 0 Å². The van der Waals surface area contributed by atoms with Gasteiger partial charge in [0.2, 0.25) is 5.95 Å². The molecule has 1 aromatic carbocycles. The van der Waals surface area contributed by atoms with Gasteiger partial charge in [-0.05, 0) is 50.2 Å². The highest BCUT2D eigenvalue weighted by atomic mass is 32.2. The second kappa shape index (κ2) is 11.3. The van der Waals surface area contributed by atoms with Gasteiger partial charge in [-0.1, -0.05) is 18.2 Å². The lowest BCUT2D eigenvalue weighted by Crippen LogP contribution is -2.44. The molecule has 0 saturated carbocycles. The summed E-state index contributed by atoms with van der Waals surface area (Å²) in [7, 11) is -0.461. The van der Waals surface area contributed by atoms with Crippen molar-refractivity contribution in [3.05, 3.63) is 59.9 Å². The molecule has 11 nitrogen and oxygen atoms in total. The van der Waals surface area contributed by atoms with Crippen LogP contribution in [0.4, 0.5) is 29.0 Å². The standard InChI is InChI=1S/C24H28N8.H3NO2S/c1-16-5-4-6-17(2)21(16)28-23-19-9-10-25-22(19)29-24(30-23)27-20-8-7-18(15-26-20)32-13-11-31(3)12-14-32;1-4(2)3/h4-10,15H,11-14H2,1-3H3,(H3,25,26,27,28,29,30);4H,(H2,1,2,3). The molecule has 1 aliphatic heterocycles. The second-order valence-corrected chi connectivity index (χ2v) is 9.20. The molecule has 4 aromatic rings. The number of hydrogen-bond donors (Lipinski definition) is 5. The molecular weight excluding hydrogens is 478 g/mol. The summed E-state index contributed by atoms with van der Waals surface area (Å²) in [5, 5.41) is 11.8. The van der Waals surface area contributed by atoms with Crippen LogP contribution in [0.3, 0.4) is 0 Å². The third-order valence-electron chi connectivity index (χ3n) is 6.00. The van der Waals surface area contributed by atoms with Crippen LogP contribution < -0.4 is 20.7 Å². The van der Waals surface area contributed by atoms with E-state index in [0.29, 0.717) is 11.8 Å². The number of nitrogens with two attached hydrogens (primary N) is 1. The van der Waals surface area contributed by atoms with Crippen LogP contribution >= 0.6 is 0 Å². The number of piperazine rings is 1. The lowest BCUT2D eigenvalue weighted by molar-refractivity contribution is 0.313. The zero-order chi connectivity index (χ0) is 25.7. The van der Waals surface area contributed by atoms with Crippen LogP contribution in [0, 0.1) is 13.8 Å². The van der Waals surface area contributed by atoms with E-state index in [0.717, 1.165) is 54.4 Å². The first kappa shape index (κ1) is 25.4. The normalized spacial score (nSPS) is 14.0. The molecule has 4 heterocycles. The molecule has 0 spiro atoms. The van der Waals surface area contributed by atoms with Gasteiger partial charge in [-0.25, -0.2) is 18.5 Å². The zero-order valence-electron chi connectivity index (χ0n) is 20.5. The first-order valence-corrected chi connectivity index (χ1v) is 12.8. The van der Waals surface area contributed by atoms with E-state index in [9.17, 15) is 0 Å². The highest BCUT2D eigenvalue weighted by molar-refractivity contribution is 7.69. The Morgan fingerprint density at radius 2 is 1.67 bits per heavy atom. The number of aromatic amines is 1. The number of fused-ring (bicyclic) bond motifs is 1. The Morgan fingerprint density at radius 1 is 0.972 bits per heavy atom. The number of para-hydroxylation sites is 1. The van der Waals surface area contributed by atoms with Gasteiger partial charge >= 0.3 is 0 Å². The molecule has 0 amide bonds. The maximum atomic E-state index is 8.81. The molecule has 36 heavy (non-hydrogen) atoms. The number of nitrogens with zero attached hydrogens (tertiary/aromatic N) is 5. The van der Waals surface area contributed by atoms with Crippen LogP contribution in [0.2, 0.25) is 0 Å². The van der Waals surface area contributed by atoms with E-state index in [-0.39, 0.29) is 0 Å². The zero-order valence-corrected chi connectivity index (χ0v) is 21.4. The van der Waals surface area contributed by atoms with Crippen LogP contribution in [0.1, 0.15) is 11.1 Å². The van der Waals surface area contributed by atoms with Crippen LogP contribution in [0.25, 0.3) is 11.0 Å². The average Bonchev–Trinajstić information content (AvgIpc) is 3.31. The number of benzene rings is 1. The Hall–Kier alpha value is -3.74. The first-order valence-electron chi connectivity index (χ1n) is 11.5. The summed E-state index contributed by atoms with van der Waals surface area (Å²) in [5.41, 5.74) is 5.31. The number of aryl methyl sites for hydroxylation is 2. The van der Waals surface area contributed by atoms with Crippen molar-refractivity contribution in [3.63, 3.8) is 0 Å². The lowest BCUT2D eigenvalue weighted by atomic mass is 10.1. The predicted octanol–water partition coefficient (Wildman–Crippen LogP) is 2.68. The number of nitrogens with one attached hydrogen (secondary N) is 3. The topological polar surface area (TPSA) is 145 Å². The molecule has 1 fully saturated rings. The van der Waals surface area contributed by atoms with E-state index in [1.807, 2.05) is 24.5 Å². The number of pyridine rings is 1. The minimum absolute atomic E-state index is 0.494. The van der Waals surface area contributed by atoms with Crippen LogP contribution in [0.15, 0.2) is 48.8 Å². The molecule has 3 aromatic heterocycles. The van der Waals surface area contributed by atoms with E-state index in [4.69, 9.17) is 13.4 Å². The van der Waals surface area contributed by atoms with Crippen molar-refractivity contribution in [2.24, 2.45) is 5.14 Å². The van der Waals surface area contributed by atoms with E-state index < -0.39 is 10.9 Å². The Labute approximate surface area is 211 Å². The van der Waals surface area contributed by atoms with Gasteiger partial charge < -0.3 is 25.4 Å². The van der Waals surface area contributed by atoms with Crippen molar-refractivity contribution < 1.29 is 8.42 Å². The highest BCUT2D eigenvalue weighted by Gasteiger charge is 2.15. The van der Waals surface area contributed by atoms with Gasteiger partial charge in [0.1, 0.15) is 17.3 Å². The number of likely N-dealkylation sites (N-methyl/N-ethyl adjacent to an activating group) is 1. The maximum Gasteiger partial charge on any atom is 0.232 e. The van der Waals surface area contributed by atoms with Gasteiger partial charge in [-0.2, -0.15) is 9.97 Å². The number of anilines is 5. The predicted molar refractivity (Wildman–Crippen MR) is 145 cm³/mol. The fourth-order valence-corrected chi connectivity index (χ4v) is 4.05. The number of rotatable bonds is 5. The largest absolute Gasteiger partial charge is 0.368 e. The van der Waals surface area contributed by atoms with Crippen molar-refractivity contribution in [2.75, 3.05) is 48.8 Å². The van der Waals surface area contributed by atoms with E-state index >= 15 is 0 Å². The van der Waals surface area contributed by atoms with Crippen LogP contribution in [0.5, 0.6) is 0 Å². The third-order valence-corrected chi connectivity index (χ3v) is 6.00. The monoisotopic (exact) mass is 509 g/mol. The molecule has 1 aliphatic rings. The third kappa shape index (κ3) is 6.27. The van der Waals surface area contributed by atoms with Crippen molar-refractivity contribution in [3.8, 4) is 0 Å². The number of H-pyrrole nitrogens is 1. The number of thiol groups is 1. The van der Waals surface area contributed by atoms with Crippen LogP contribution in [-0.4, -0.2) is 66.5 Å². The van der Waals surface area contributed by atoms with Gasteiger partial charge in [0.15, 0.2) is 10.9 Å². The van der Waals surface area contributed by atoms with Crippen LogP contribution in [-0.2, 0) is 10.9 Å². The molecule has 0 unspecified atom stereocenters. The Bertz CT molecular complexity index is 1370. The van der Waals surface area contributed by atoms with E-state index in [1.54, 1.807) is 0 Å². The molecule has 12 heteroatoms. The summed E-state index contributed by atoms with van der Waals surface area (Å²) in [5.74, 6) is 1.96. The first-order chi connectivity index (χ1) is 17.3. The molecular formula is C24H31N9O2S. The fourth-order valence-electron chi connectivity index (χ4n) is 4.05. The Morgan fingerprint density at radius 3 is 2.31 bits per heavy atom. The second-order valence-electron chi connectivity index (χ2n) is 8.63. The quantitative estimate of drug-likeness (QED) is 0.256. The fraction of sp³-hybridized carbons (Fsp3) is 0.292. The molecule has 5 rings (SSSR count). The SMILES string of the molecule is Cc1cccc(C)c1Nc1nc(Nc2ccc(N3CCN(C)CC3)cn2)nc2[nH]ccc12.N[SH](=O)=O. The molecule has 5 N–H and O–H groups in total. The van der Waals surface area contributed by atoms with Gasteiger partial charge in [0.25, 0.3) is 0 Å². The molecule has 190 valence electrons. The summed E-state index contributed by atoms with van der Waals surface area (Å²) in [6.45, 7) is 8.36. The van der Waals surface area contributed by atoms with Crippen molar-refractivity contribution in [1.82, 2.24) is 24.8 Å². The smallest absolute Gasteiger partial charge is 0.232 e. The van der Waals surface area contributed by atoms with Crippen molar-refractivity contribution in [2.45, 2.75) is 13.8 Å². The Balaban J connectivity index is 0.000000709. The van der Waals surface area contributed by atoms with Gasteiger partial charge in [0.05, 0.1) is 17.3 Å². The van der Waals surface area contributed by atoms with Gasteiger partial charge in [-0.15, -0.1) is 0 Å². The minimum Gasteiger partial charge on any atom is -0.368 e. The average molecular weight is 510 g/mol. The summed E-state index contributed by atoms with van der Waals surface area (Å²) >= 11 is 0. The summed E-state index contributed by atoms with van der Waals surface area (Å²) in [6.07, 6.45) is 3.79. The van der Waals surface area contributed by atoms with Crippen molar-refractivity contribution >= 4 is 50.9 Å². The summed E-state index contributed by atoms with van der Waals surface area (Å²) in [6, 6.07) is 12.3. The van der Waals surface area contributed by atoms with E-state index in [2.05, 4.69) is 85.7 Å². The number of hydrogen-bond acceptors (Lipinski definition) is 9. The van der Waals surface area contributed by atoms with E-state index in [1.165, 1.54) is 11.1 Å². The highest BCUT2D eigenvalue weighted by Crippen LogP contribution is 2.29. The van der Waals surface area contributed by atoms with Gasteiger partial charge in [0, 0.05) is 38.1 Å². The van der Waals surface area contributed by atoms with Gasteiger partial charge in [-0.3, -0.25) is 0 Å². The molecule has 1 saturated heterocycles. The summed E-state index contributed by atoms with van der Waals surface area (Å²) in [4.78, 5) is 21.9. The maximum absolute atomic E-state index is 8.81. The Kier molecular flexibility index (Phi) is 7.98. The molecule has 0 radical (unpaired) electrons. The molecule has 0 atom stereocenters. The number of aromatic nitrogens is 4. The lowest BCUT2D eigenvalue weighted by Gasteiger charge is -2.33. The molecule has 0 aliphatic carbocycles.